The third-order valence-electron chi connectivity index (χ3n) is 9.33. The largest absolute Gasteiger partial charge is 0.140 e. The average molecular weight is 691 g/mol. The summed E-state index contributed by atoms with van der Waals surface area (Å²) in [6, 6.07) is 21.3. The highest BCUT2D eigenvalue weighted by atomic mass is 127. The number of aryl methyl sites for hydroxylation is 2. The van der Waals surface area contributed by atoms with Crippen LogP contribution in [0.4, 0.5) is 0 Å². The van der Waals surface area contributed by atoms with Crippen molar-refractivity contribution in [3.8, 4) is 10.4 Å². The van der Waals surface area contributed by atoms with Gasteiger partial charge in [-0.3, -0.25) is 0 Å². The van der Waals surface area contributed by atoms with Gasteiger partial charge >= 0.3 is 0 Å². The predicted molar refractivity (Wildman–Crippen MR) is 199 cm³/mol. The van der Waals surface area contributed by atoms with Gasteiger partial charge in [0.2, 0.25) is 0 Å². The molecule has 0 unspecified atom stereocenters. The van der Waals surface area contributed by atoms with E-state index in [-0.39, 0.29) is 0 Å². The van der Waals surface area contributed by atoms with E-state index in [1.54, 1.807) is 10.4 Å². The Balaban J connectivity index is 1.34. The molecule has 0 saturated heterocycles. The standard InChI is InChI=1S/C40H51IS/c1-3-5-7-9-11-13-15-17-19-32-29-38(42-37(32)20-18-16-14-12-10-8-6-4-2)33-25-21-30-23-27-35-36(41)28-24-31-22-26-34(33)39(30)40(31)35/h21-29H,3-20H2,1-2H3. The summed E-state index contributed by atoms with van der Waals surface area (Å²) in [5, 5.41) is 8.42. The molecular formula is C40H51IS. The van der Waals surface area contributed by atoms with Gasteiger partial charge in [-0.15, -0.1) is 11.3 Å². The molecule has 42 heavy (non-hydrogen) atoms. The predicted octanol–water partition coefficient (Wildman–Crippen LogP) is 14.3. The second-order valence-corrected chi connectivity index (χ2v) is 14.9. The van der Waals surface area contributed by atoms with Crippen molar-refractivity contribution in [2.24, 2.45) is 0 Å². The van der Waals surface area contributed by atoms with E-state index >= 15 is 0 Å². The summed E-state index contributed by atoms with van der Waals surface area (Å²) in [7, 11) is 0. The minimum absolute atomic E-state index is 1.25. The first-order chi connectivity index (χ1) is 20.7. The van der Waals surface area contributed by atoms with Gasteiger partial charge in [0.05, 0.1) is 0 Å². The van der Waals surface area contributed by atoms with Gasteiger partial charge in [0.15, 0.2) is 0 Å². The summed E-state index contributed by atoms with van der Waals surface area (Å²) < 4.78 is 1.34. The molecule has 0 N–H and O–H groups in total. The summed E-state index contributed by atoms with van der Waals surface area (Å²) in [5.41, 5.74) is 3.07. The highest BCUT2D eigenvalue weighted by Gasteiger charge is 2.16. The number of unbranched alkanes of at least 4 members (excludes halogenated alkanes) is 14. The first-order valence-electron chi connectivity index (χ1n) is 17.2. The third-order valence-corrected chi connectivity index (χ3v) is 11.5. The van der Waals surface area contributed by atoms with E-state index in [0.29, 0.717) is 0 Å². The summed E-state index contributed by atoms with van der Waals surface area (Å²) >= 11 is 4.60. The van der Waals surface area contributed by atoms with Crippen LogP contribution in [0.1, 0.15) is 127 Å². The molecular weight excluding hydrogens is 639 g/mol. The fraction of sp³-hybridized carbons (Fsp3) is 0.500. The van der Waals surface area contributed by atoms with E-state index in [1.807, 2.05) is 0 Å². The van der Waals surface area contributed by atoms with E-state index in [0.717, 1.165) is 0 Å². The van der Waals surface area contributed by atoms with Crippen LogP contribution in [0.2, 0.25) is 0 Å². The Labute approximate surface area is 273 Å². The Hall–Kier alpha value is -1.65. The zero-order chi connectivity index (χ0) is 29.1. The molecule has 0 bridgehead atoms. The fourth-order valence-electron chi connectivity index (χ4n) is 6.87. The van der Waals surface area contributed by atoms with Gasteiger partial charge in [-0.2, -0.15) is 0 Å². The second kappa shape index (κ2) is 16.4. The first kappa shape index (κ1) is 31.8. The Morgan fingerprint density at radius 1 is 0.524 bits per heavy atom. The molecule has 0 fully saturated rings. The van der Waals surface area contributed by atoms with Gasteiger partial charge < -0.3 is 0 Å². The molecule has 0 aliphatic rings. The molecule has 1 aromatic heterocycles. The molecule has 0 saturated carbocycles. The van der Waals surface area contributed by atoms with Crippen LogP contribution < -0.4 is 0 Å². The molecule has 0 aliphatic carbocycles. The number of hydrogen-bond acceptors (Lipinski definition) is 1. The number of halogens is 1. The number of hydrogen-bond donors (Lipinski definition) is 0. The van der Waals surface area contributed by atoms with E-state index in [1.165, 1.54) is 162 Å². The van der Waals surface area contributed by atoms with Crippen LogP contribution in [-0.2, 0) is 12.8 Å². The quantitative estimate of drug-likeness (QED) is 0.0460. The summed E-state index contributed by atoms with van der Waals surface area (Å²) in [5.74, 6) is 0. The average Bonchev–Trinajstić information content (AvgIpc) is 3.41. The molecule has 0 aliphatic heterocycles. The van der Waals surface area contributed by atoms with Gasteiger partial charge in [0.25, 0.3) is 0 Å². The van der Waals surface area contributed by atoms with E-state index in [4.69, 9.17) is 0 Å². The van der Waals surface area contributed by atoms with Crippen molar-refractivity contribution in [3.63, 3.8) is 0 Å². The lowest BCUT2D eigenvalue weighted by molar-refractivity contribution is 0.572. The van der Waals surface area contributed by atoms with Crippen LogP contribution in [0.5, 0.6) is 0 Å². The topological polar surface area (TPSA) is 0 Å². The highest BCUT2D eigenvalue weighted by molar-refractivity contribution is 14.1. The van der Waals surface area contributed by atoms with Gasteiger partial charge in [-0.25, -0.2) is 0 Å². The van der Waals surface area contributed by atoms with Gasteiger partial charge in [-0.1, -0.05) is 146 Å². The van der Waals surface area contributed by atoms with Crippen molar-refractivity contribution in [1.82, 2.24) is 0 Å². The lowest BCUT2D eigenvalue weighted by Gasteiger charge is -2.14. The van der Waals surface area contributed by atoms with Crippen molar-refractivity contribution in [2.75, 3.05) is 0 Å². The van der Waals surface area contributed by atoms with Crippen LogP contribution in [0.3, 0.4) is 0 Å². The number of thiophene rings is 1. The third kappa shape index (κ3) is 7.89. The van der Waals surface area contributed by atoms with Gasteiger partial charge in [-0.05, 0) is 104 Å². The molecule has 0 spiro atoms. The van der Waals surface area contributed by atoms with Gasteiger partial charge in [0.1, 0.15) is 0 Å². The Morgan fingerprint density at radius 2 is 1.02 bits per heavy atom. The normalized spacial score (nSPS) is 12.0. The summed E-state index contributed by atoms with van der Waals surface area (Å²) in [4.78, 5) is 3.14. The molecule has 5 aromatic rings. The molecule has 0 nitrogen and oxygen atoms in total. The second-order valence-electron chi connectivity index (χ2n) is 12.6. The molecule has 4 aromatic carbocycles. The fourth-order valence-corrected chi connectivity index (χ4v) is 8.79. The zero-order valence-corrected chi connectivity index (χ0v) is 29.2. The molecule has 0 amide bonds. The smallest absolute Gasteiger partial charge is 0.0354 e. The maximum Gasteiger partial charge on any atom is 0.0354 e. The molecule has 2 heteroatoms. The van der Waals surface area contributed by atoms with Crippen molar-refractivity contribution in [2.45, 2.75) is 129 Å². The maximum atomic E-state index is 2.59. The lowest BCUT2D eigenvalue weighted by atomic mass is 9.91. The Morgan fingerprint density at radius 3 is 1.67 bits per heavy atom. The molecule has 1 heterocycles. The van der Waals surface area contributed by atoms with Crippen LogP contribution in [0, 0.1) is 3.57 Å². The maximum absolute atomic E-state index is 2.59. The lowest BCUT2D eigenvalue weighted by Crippen LogP contribution is -1.91. The van der Waals surface area contributed by atoms with Crippen LogP contribution in [0.15, 0.2) is 54.6 Å². The van der Waals surface area contributed by atoms with Gasteiger partial charge in [0, 0.05) is 13.3 Å². The molecule has 224 valence electrons. The Kier molecular flexibility index (Phi) is 12.4. The molecule has 5 rings (SSSR count). The van der Waals surface area contributed by atoms with Crippen molar-refractivity contribution in [3.05, 3.63) is 68.6 Å². The van der Waals surface area contributed by atoms with E-state index in [9.17, 15) is 0 Å². The zero-order valence-electron chi connectivity index (χ0n) is 26.2. The molecule has 0 radical (unpaired) electrons. The minimum Gasteiger partial charge on any atom is -0.140 e. The first-order valence-corrected chi connectivity index (χ1v) is 19.1. The SMILES string of the molecule is CCCCCCCCCCc1cc(-c2ccc3ccc4c(I)ccc5ccc2c3c54)sc1CCCCCCCCCC. The van der Waals surface area contributed by atoms with Crippen LogP contribution in [0.25, 0.3) is 42.8 Å². The number of benzene rings is 4. The van der Waals surface area contributed by atoms with Crippen LogP contribution in [-0.4, -0.2) is 0 Å². The Bertz CT molecular complexity index is 1490. The van der Waals surface area contributed by atoms with E-state index in [2.05, 4.69) is 102 Å². The monoisotopic (exact) mass is 690 g/mol. The van der Waals surface area contributed by atoms with Crippen molar-refractivity contribution in [1.29, 1.82) is 0 Å². The van der Waals surface area contributed by atoms with Crippen molar-refractivity contribution < 1.29 is 0 Å². The highest BCUT2D eigenvalue weighted by Crippen LogP contribution is 2.43. The van der Waals surface area contributed by atoms with Crippen LogP contribution >= 0.6 is 33.9 Å². The molecule has 0 atom stereocenters. The summed E-state index contributed by atoms with van der Waals surface area (Å²) in [6.07, 6.45) is 24.8. The summed E-state index contributed by atoms with van der Waals surface area (Å²) in [6.45, 7) is 4.62. The van der Waals surface area contributed by atoms with Crippen molar-refractivity contribution >= 4 is 66.2 Å². The number of rotatable bonds is 19. The van der Waals surface area contributed by atoms with E-state index < -0.39 is 0 Å². The minimum atomic E-state index is 1.25.